The highest BCUT2D eigenvalue weighted by atomic mass is 32.2. The summed E-state index contributed by atoms with van der Waals surface area (Å²) >= 11 is 1.98. The van der Waals surface area contributed by atoms with Crippen LogP contribution in [0.1, 0.15) is 19.4 Å². The van der Waals surface area contributed by atoms with Crippen LogP contribution in [0.3, 0.4) is 0 Å². The standard InChI is InChI=1S/C13H20N4O2S/c1-9-6-16(7-10(2)20-9)8-11-5-12(17(18)19)3-4-13(11)15-14/h3-5,9-10,15H,6-8,14H2,1-2H3. The Morgan fingerprint density at radius 2 is 2.10 bits per heavy atom. The van der Waals surface area contributed by atoms with E-state index < -0.39 is 0 Å². The second kappa shape index (κ2) is 6.43. The third-order valence-corrected chi connectivity index (χ3v) is 4.57. The first-order valence-electron chi connectivity index (χ1n) is 6.61. The van der Waals surface area contributed by atoms with Crippen LogP contribution in [0, 0.1) is 10.1 Å². The molecule has 6 nitrogen and oxygen atoms in total. The SMILES string of the molecule is CC1CN(Cc2cc([N+](=O)[O-])ccc2NN)CC(C)S1. The molecular weight excluding hydrogens is 276 g/mol. The number of nitrogens with zero attached hydrogens (tertiary/aromatic N) is 2. The summed E-state index contributed by atoms with van der Waals surface area (Å²) in [5.74, 6) is 5.49. The molecule has 1 aliphatic rings. The first-order valence-corrected chi connectivity index (χ1v) is 7.55. The van der Waals surface area contributed by atoms with Crippen LogP contribution >= 0.6 is 11.8 Å². The van der Waals surface area contributed by atoms with E-state index in [-0.39, 0.29) is 10.6 Å². The number of rotatable bonds is 4. The Hall–Kier alpha value is -1.31. The molecule has 20 heavy (non-hydrogen) atoms. The normalized spacial score (nSPS) is 23.6. The quantitative estimate of drug-likeness (QED) is 0.503. The number of benzene rings is 1. The fraction of sp³-hybridized carbons (Fsp3) is 0.538. The van der Waals surface area contributed by atoms with Crippen molar-refractivity contribution in [2.75, 3.05) is 18.5 Å². The first-order chi connectivity index (χ1) is 9.49. The van der Waals surface area contributed by atoms with Gasteiger partial charge in [0.2, 0.25) is 0 Å². The number of hydrazine groups is 1. The largest absolute Gasteiger partial charge is 0.324 e. The van der Waals surface area contributed by atoms with Crippen molar-refractivity contribution >= 4 is 23.1 Å². The number of nitro benzene ring substituents is 1. The second-order valence-electron chi connectivity index (χ2n) is 5.19. The number of nitrogens with one attached hydrogen (secondary N) is 1. The van der Waals surface area contributed by atoms with Crippen molar-refractivity contribution in [1.82, 2.24) is 4.90 Å². The molecule has 7 heteroatoms. The van der Waals surface area contributed by atoms with Crippen LogP contribution in [0.2, 0.25) is 0 Å². The van der Waals surface area contributed by atoms with Gasteiger partial charge in [-0.25, -0.2) is 0 Å². The molecule has 1 aliphatic heterocycles. The number of hydrogen-bond donors (Lipinski definition) is 2. The van der Waals surface area contributed by atoms with Crippen molar-refractivity contribution in [3.8, 4) is 0 Å². The van der Waals surface area contributed by atoms with Crippen molar-refractivity contribution in [3.05, 3.63) is 33.9 Å². The average Bonchev–Trinajstić information content (AvgIpc) is 2.37. The fourth-order valence-corrected chi connectivity index (χ4v) is 4.01. The summed E-state index contributed by atoms with van der Waals surface area (Å²) in [6.45, 7) is 7.07. The van der Waals surface area contributed by atoms with Crippen molar-refractivity contribution in [2.45, 2.75) is 30.9 Å². The third-order valence-electron chi connectivity index (χ3n) is 3.34. The van der Waals surface area contributed by atoms with E-state index in [0.717, 1.165) is 24.3 Å². The molecule has 110 valence electrons. The zero-order valence-electron chi connectivity index (χ0n) is 11.7. The molecule has 2 rings (SSSR count). The number of nitro groups is 1. The molecule has 1 aromatic rings. The van der Waals surface area contributed by atoms with Crippen LogP contribution in [0.25, 0.3) is 0 Å². The van der Waals surface area contributed by atoms with Gasteiger partial charge in [0, 0.05) is 42.3 Å². The minimum atomic E-state index is -0.374. The second-order valence-corrected chi connectivity index (χ2v) is 7.08. The maximum atomic E-state index is 10.9. The summed E-state index contributed by atoms with van der Waals surface area (Å²) in [6.07, 6.45) is 0. The summed E-state index contributed by atoms with van der Waals surface area (Å²) in [6, 6.07) is 4.74. The van der Waals surface area contributed by atoms with Crippen LogP contribution in [0.15, 0.2) is 18.2 Å². The van der Waals surface area contributed by atoms with Crippen LogP contribution in [-0.2, 0) is 6.54 Å². The van der Waals surface area contributed by atoms with Crippen molar-refractivity contribution in [2.24, 2.45) is 5.84 Å². The number of thioether (sulfide) groups is 1. The molecule has 0 aromatic heterocycles. The molecule has 1 aromatic carbocycles. The minimum Gasteiger partial charge on any atom is -0.324 e. The van der Waals surface area contributed by atoms with Crippen molar-refractivity contribution < 1.29 is 4.92 Å². The lowest BCUT2D eigenvalue weighted by Crippen LogP contribution is -2.39. The highest BCUT2D eigenvalue weighted by Crippen LogP contribution is 2.28. The Bertz CT molecular complexity index is 487. The van der Waals surface area contributed by atoms with Gasteiger partial charge in [-0.15, -0.1) is 0 Å². The van der Waals surface area contributed by atoms with E-state index in [1.165, 1.54) is 6.07 Å². The summed E-state index contributed by atoms with van der Waals surface area (Å²) in [4.78, 5) is 12.8. The fourth-order valence-electron chi connectivity index (χ4n) is 2.62. The Morgan fingerprint density at radius 3 is 2.65 bits per heavy atom. The summed E-state index contributed by atoms with van der Waals surface area (Å²) < 4.78 is 0. The van der Waals surface area contributed by atoms with E-state index in [1.807, 2.05) is 11.8 Å². The van der Waals surface area contributed by atoms with Gasteiger partial charge in [0.25, 0.3) is 5.69 Å². The maximum Gasteiger partial charge on any atom is 0.269 e. The van der Waals surface area contributed by atoms with E-state index in [2.05, 4.69) is 24.2 Å². The average molecular weight is 296 g/mol. The zero-order valence-corrected chi connectivity index (χ0v) is 12.5. The minimum absolute atomic E-state index is 0.103. The monoisotopic (exact) mass is 296 g/mol. The van der Waals surface area contributed by atoms with Gasteiger partial charge < -0.3 is 5.43 Å². The molecule has 0 radical (unpaired) electrons. The molecule has 1 saturated heterocycles. The lowest BCUT2D eigenvalue weighted by Gasteiger charge is -2.34. The van der Waals surface area contributed by atoms with E-state index in [0.29, 0.717) is 17.0 Å². The molecule has 0 amide bonds. The molecule has 3 N–H and O–H groups in total. The Balaban J connectivity index is 2.18. The van der Waals surface area contributed by atoms with Gasteiger partial charge in [-0.2, -0.15) is 11.8 Å². The number of nitrogen functional groups attached to an aromatic ring is 1. The predicted molar refractivity (Wildman–Crippen MR) is 82.7 cm³/mol. The third kappa shape index (κ3) is 3.62. The number of anilines is 1. The van der Waals surface area contributed by atoms with Crippen molar-refractivity contribution in [1.29, 1.82) is 0 Å². The van der Waals surface area contributed by atoms with Crippen LogP contribution in [0.5, 0.6) is 0 Å². The molecule has 1 heterocycles. The zero-order chi connectivity index (χ0) is 14.7. The lowest BCUT2D eigenvalue weighted by atomic mass is 10.1. The van der Waals surface area contributed by atoms with Gasteiger partial charge in [-0.1, -0.05) is 13.8 Å². The van der Waals surface area contributed by atoms with Gasteiger partial charge in [0.15, 0.2) is 0 Å². The smallest absolute Gasteiger partial charge is 0.269 e. The number of nitrogens with two attached hydrogens (primary N) is 1. The van der Waals surface area contributed by atoms with Crippen LogP contribution in [0.4, 0.5) is 11.4 Å². The summed E-state index contributed by atoms with van der Waals surface area (Å²) in [5, 5.41) is 12.0. The van der Waals surface area contributed by atoms with Gasteiger partial charge in [-0.3, -0.25) is 20.9 Å². The van der Waals surface area contributed by atoms with E-state index in [9.17, 15) is 10.1 Å². The molecule has 0 spiro atoms. The molecule has 1 fully saturated rings. The van der Waals surface area contributed by atoms with E-state index in [4.69, 9.17) is 5.84 Å². The highest BCUT2D eigenvalue weighted by Gasteiger charge is 2.23. The molecule has 0 saturated carbocycles. The maximum absolute atomic E-state index is 10.9. The van der Waals surface area contributed by atoms with Gasteiger partial charge in [0.1, 0.15) is 0 Å². The Kier molecular flexibility index (Phi) is 4.85. The molecule has 2 unspecified atom stereocenters. The van der Waals surface area contributed by atoms with Crippen molar-refractivity contribution in [3.63, 3.8) is 0 Å². The molecular formula is C13H20N4O2S. The lowest BCUT2D eigenvalue weighted by molar-refractivity contribution is -0.384. The number of hydrogen-bond acceptors (Lipinski definition) is 6. The first kappa shape index (κ1) is 15.1. The van der Waals surface area contributed by atoms with Crippen LogP contribution in [-0.4, -0.2) is 33.4 Å². The molecule has 0 bridgehead atoms. The highest BCUT2D eigenvalue weighted by molar-refractivity contribution is 8.00. The van der Waals surface area contributed by atoms with Gasteiger partial charge in [-0.05, 0) is 11.6 Å². The van der Waals surface area contributed by atoms with E-state index >= 15 is 0 Å². The Labute approximate surface area is 122 Å². The summed E-state index contributed by atoms with van der Waals surface area (Å²) in [7, 11) is 0. The van der Waals surface area contributed by atoms with Gasteiger partial charge in [0.05, 0.1) is 10.6 Å². The molecule has 2 atom stereocenters. The topological polar surface area (TPSA) is 84.4 Å². The summed E-state index contributed by atoms with van der Waals surface area (Å²) in [5.41, 5.74) is 4.34. The Morgan fingerprint density at radius 1 is 1.45 bits per heavy atom. The molecule has 0 aliphatic carbocycles. The van der Waals surface area contributed by atoms with E-state index in [1.54, 1.807) is 12.1 Å². The predicted octanol–water partition coefficient (Wildman–Crippen LogP) is 2.21. The van der Waals surface area contributed by atoms with Gasteiger partial charge >= 0.3 is 0 Å². The van der Waals surface area contributed by atoms with Crippen LogP contribution < -0.4 is 11.3 Å². The number of non-ortho nitro benzene ring substituents is 1.